The first kappa shape index (κ1) is 16.4. The van der Waals surface area contributed by atoms with Gasteiger partial charge >= 0.3 is 5.97 Å². The van der Waals surface area contributed by atoms with Crippen molar-refractivity contribution in [3.05, 3.63) is 17.7 Å². The first-order chi connectivity index (χ1) is 9.41. The normalized spacial score (nSPS) is 11.1. The molecule has 0 radical (unpaired) electrons. The van der Waals surface area contributed by atoms with Crippen LogP contribution in [0.2, 0.25) is 0 Å². The van der Waals surface area contributed by atoms with E-state index in [9.17, 15) is 4.79 Å². The summed E-state index contributed by atoms with van der Waals surface area (Å²) < 4.78 is 10.8. The Morgan fingerprint density at radius 1 is 1.30 bits per heavy atom. The van der Waals surface area contributed by atoms with Crippen LogP contribution >= 0.6 is 0 Å². The molecule has 20 heavy (non-hydrogen) atoms. The van der Waals surface area contributed by atoms with Crippen molar-refractivity contribution < 1.29 is 19.4 Å². The molecule has 0 saturated heterocycles. The fourth-order valence-corrected chi connectivity index (χ4v) is 1.45. The summed E-state index contributed by atoms with van der Waals surface area (Å²) in [4.78, 5) is 19.3. The zero-order valence-electron chi connectivity index (χ0n) is 12.4. The second kappa shape index (κ2) is 7.79. The molecule has 1 aromatic heterocycles. The summed E-state index contributed by atoms with van der Waals surface area (Å²) >= 11 is 0. The summed E-state index contributed by atoms with van der Waals surface area (Å²) in [6.45, 7) is 9.25. The molecule has 6 heteroatoms. The molecular formula is C14H22N2O4. The summed E-state index contributed by atoms with van der Waals surface area (Å²) in [5.74, 6) is 0.0722. The summed E-state index contributed by atoms with van der Waals surface area (Å²) in [5.41, 5.74) is -0.104. The van der Waals surface area contributed by atoms with Gasteiger partial charge in [-0.15, -0.1) is 0 Å². The standard InChI is InChI=1S/C14H22N2O4/c1-9(2)8-19-5-6-20-11-7-15-13(10(3)4)16-12(11)14(17)18/h7,9-10H,5-6,8H2,1-4H3,(H,17,18). The number of hydrogen-bond acceptors (Lipinski definition) is 5. The Hall–Kier alpha value is -1.69. The predicted octanol–water partition coefficient (Wildman–Crippen LogP) is 2.35. The molecule has 0 saturated carbocycles. The second-order valence-electron chi connectivity index (χ2n) is 5.22. The molecule has 0 aliphatic heterocycles. The van der Waals surface area contributed by atoms with Crippen LogP contribution in [0, 0.1) is 5.92 Å². The quantitative estimate of drug-likeness (QED) is 0.737. The lowest BCUT2D eigenvalue weighted by Gasteiger charge is -2.11. The fourth-order valence-electron chi connectivity index (χ4n) is 1.45. The average molecular weight is 282 g/mol. The van der Waals surface area contributed by atoms with Crippen molar-refractivity contribution in [1.29, 1.82) is 0 Å². The molecule has 0 aliphatic carbocycles. The SMILES string of the molecule is CC(C)COCCOc1cnc(C(C)C)nc1C(=O)O. The first-order valence-electron chi connectivity index (χ1n) is 6.72. The van der Waals surface area contributed by atoms with E-state index in [1.165, 1.54) is 6.20 Å². The summed E-state index contributed by atoms with van der Waals surface area (Å²) in [5, 5.41) is 9.15. The molecule has 6 nitrogen and oxygen atoms in total. The molecule has 1 heterocycles. The van der Waals surface area contributed by atoms with Crippen molar-refractivity contribution in [2.75, 3.05) is 19.8 Å². The highest BCUT2D eigenvalue weighted by molar-refractivity contribution is 5.88. The van der Waals surface area contributed by atoms with Crippen LogP contribution in [0.1, 0.15) is 49.9 Å². The third-order valence-electron chi connectivity index (χ3n) is 2.43. The van der Waals surface area contributed by atoms with Crippen molar-refractivity contribution in [3.8, 4) is 5.75 Å². The number of aromatic carboxylic acids is 1. The highest BCUT2D eigenvalue weighted by Gasteiger charge is 2.16. The van der Waals surface area contributed by atoms with Gasteiger partial charge in [-0.3, -0.25) is 0 Å². The number of hydrogen-bond donors (Lipinski definition) is 1. The maximum absolute atomic E-state index is 11.2. The van der Waals surface area contributed by atoms with Crippen LogP contribution < -0.4 is 4.74 Å². The number of nitrogens with zero attached hydrogens (tertiary/aromatic N) is 2. The molecule has 0 amide bonds. The summed E-state index contributed by atoms with van der Waals surface area (Å²) in [7, 11) is 0. The number of carboxylic acid groups (broad SMARTS) is 1. The molecule has 0 atom stereocenters. The second-order valence-corrected chi connectivity index (χ2v) is 5.22. The molecule has 0 fully saturated rings. The van der Waals surface area contributed by atoms with Gasteiger partial charge in [0.2, 0.25) is 0 Å². The van der Waals surface area contributed by atoms with E-state index in [-0.39, 0.29) is 24.0 Å². The maximum atomic E-state index is 11.2. The Balaban J connectivity index is 2.63. The minimum Gasteiger partial charge on any atom is -0.487 e. The number of rotatable bonds is 8. The smallest absolute Gasteiger partial charge is 0.358 e. The van der Waals surface area contributed by atoms with Crippen molar-refractivity contribution in [2.45, 2.75) is 33.6 Å². The molecule has 0 spiro atoms. The van der Waals surface area contributed by atoms with Crippen LogP contribution in [-0.4, -0.2) is 40.9 Å². The Labute approximate surface area is 119 Å². The van der Waals surface area contributed by atoms with E-state index < -0.39 is 5.97 Å². The van der Waals surface area contributed by atoms with Crippen LogP contribution in [0.4, 0.5) is 0 Å². The van der Waals surface area contributed by atoms with Crippen LogP contribution in [0.15, 0.2) is 6.20 Å². The predicted molar refractivity (Wildman–Crippen MR) is 74.2 cm³/mol. The first-order valence-corrected chi connectivity index (χ1v) is 6.72. The van der Waals surface area contributed by atoms with Crippen molar-refractivity contribution in [3.63, 3.8) is 0 Å². The monoisotopic (exact) mass is 282 g/mol. The van der Waals surface area contributed by atoms with Gasteiger partial charge in [0.05, 0.1) is 12.8 Å². The van der Waals surface area contributed by atoms with E-state index in [4.69, 9.17) is 14.6 Å². The number of ether oxygens (including phenoxy) is 2. The lowest BCUT2D eigenvalue weighted by molar-refractivity contribution is 0.0668. The third-order valence-corrected chi connectivity index (χ3v) is 2.43. The van der Waals surface area contributed by atoms with Gasteiger partial charge in [-0.2, -0.15) is 0 Å². The molecular weight excluding hydrogens is 260 g/mol. The van der Waals surface area contributed by atoms with Crippen molar-refractivity contribution in [1.82, 2.24) is 9.97 Å². The van der Waals surface area contributed by atoms with Crippen LogP contribution in [0.5, 0.6) is 5.75 Å². The van der Waals surface area contributed by atoms with Gasteiger partial charge in [0, 0.05) is 12.5 Å². The fraction of sp³-hybridized carbons (Fsp3) is 0.643. The molecule has 1 N–H and O–H groups in total. The minimum atomic E-state index is -1.12. The topological polar surface area (TPSA) is 81.5 Å². The molecule has 0 aromatic carbocycles. The zero-order valence-corrected chi connectivity index (χ0v) is 12.4. The zero-order chi connectivity index (χ0) is 15.1. The van der Waals surface area contributed by atoms with E-state index in [0.717, 1.165) is 0 Å². The van der Waals surface area contributed by atoms with Gasteiger partial charge < -0.3 is 14.6 Å². The van der Waals surface area contributed by atoms with Crippen LogP contribution in [-0.2, 0) is 4.74 Å². The lowest BCUT2D eigenvalue weighted by Crippen LogP contribution is -2.14. The van der Waals surface area contributed by atoms with Gasteiger partial charge in [0.15, 0.2) is 11.4 Å². The minimum absolute atomic E-state index is 0.0662. The maximum Gasteiger partial charge on any atom is 0.358 e. The van der Waals surface area contributed by atoms with Crippen molar-refractivity contribution >= 4 is 5.97 Å². The van der Waals surface area contributed by atoms with Gasteiger partial charge in [-0.25, -0.2) is 14.8 Å². The third kappa shape index (κ3) is 5.13. The van der Waals surface area contributed by atoms with Gasteiger partial charge in [0.1, 0.15) is 12.4 Å². The Bertz CT molecular complexity index is 447. The van der Waals surface area contributed by atoms with E-state index >= 15 is 0 Å². The summed E-state index contributed by atoms with van der Waals surface area (Å²) in [6.07, 6.45) is 1.41. The van der Waals surface area contributed by atoms with E-state index in [2.05, 4.69) is 23.8 Å². The molecule has 0 bridgehead atoms. The highest BCUT2D eigenvalue weighted by atomic mass is 16.5. The Morgan fingerprint density at radius 3 is 2.55 bits per heavy atom. The Kier molecular flexibility index (Phi) is 6.38. The molecule has 112 valence electrons. The van der Waals surface area contributed by atoms with E-state index in [1.54, 1.807) is 0 Å². The van der Waals surface area contributed by atoms with Gasteiger partial charge in [-0.1, -0.05) is 27.7 Å². The van der Waals surface area contributed by atoms with Crippen LogP contribution in [0.3, 0.4) is 0 Å². The molecule has 1 aromatic rings. The van der Waals surface area contributed by atoms with Crippen LogP contribution in [0.25, 0.3) is 0 Å². The number of carboxylic acids is 1. The largest absolute Gasteiger partial charge is 0.487 e. The van der Waals surface area contributed by atoms with Gasteiger partial charge in [-0.05, 0) is 5.92 Å². The molecule has 1 rings (SSSR count). The Morgan fingerprint density at radius 2 is 2.00 bits per heavy atom. The van der Waals surface area contributed by atoms with Crippen molar-refractivity contribution in [2.24, 2.45) is 5.92 Å². The van der Waals surface area contributed by atoms with Gasteiger partial charge in [0.25, 0.3) is 0 Å². The molecule has 0 aliphatic rings. The lowest BCUT2D eigenvalue weighted by atomic mass is 10.2. The highest BCUT2D eigenvalue weighted by Crippen LogP contribution is 2.18. The summed E-state index contributed by atoms with van der Waals surface area (Å²) in [6, 6.07) is 0. The molecule has 0 unspecified atom stereocenters. The van der Waals surface area contributed by atoms with E-state index in [1.807, 2.05) is 13.8 Å². The van der Waals surface area contributed by atoms with E-state index in [0.29, 0.717) is 25.0 Å². The number of carbonyl (C=O) groups is 1. The average Bonchev–Trinajstić information content (AvgIpc) is 2.37. The number of aromatic nitrogens is 2.